The Kier molecular flexibility index (Phi) is 7.19. The summed E-state index contributed by atoms with van der Waals surface area (Å²) in [6.07, 6.45) is 6.36. The van der Waals surface area contributed by atoms with Crippen molar-refractivity contribution in [2.24, 2.45) is 22.5 Å². The Bertz CT molecular complexity index is 966. The van der Waals surface area contributed by atoms with E-state index in [0.717, 1.165) is 25.7 Å². The summed E-state index contributed by atoms with van der Waals surface area (Å²) in [5, 5.41) is 9.95. The molecule has 200 valence electrons. The normalized spacial score (nSPS) is 37.2. The zero-order valence-corrected chi connectivity index (χ0v) is 22.3. The average Bonchev–Trinajstić information content (AvgIpc) is 2.80. The number of hydrogen-bond donors (Lipinski definition) is 2. The molecule has 5 fully saturated rings. The molecule has 4 unspecified atom stereocenters. The Balaban J connectivity index is 0.000000181. The highest BCUT2D eigenvalue weighted by molar-refractivity contribution is 5.76. The first kappa shape index (κ1) is 26.9. The smallest absolute Gasteiger partial charge is 0.410 e. The van der Waals surface area contributed by atoms with Crippen molar-refractivity contribution >= 4 is 12.1 Å². The van der Waals surface area contributed by atoms with Crippen LogP contribution in [0.2, 0.25) is 0 Å². The maximum atomic E-state index is 13.2. The van der Waals surface area contributed by atoms with Gasteiger partial charge in [0.15, 0.2) is 0 Å². The van der Waals surface area contributed by atoms with Gasteiger partial charge in [0.1, 0.15) is 11.8 Å². The van der Waals surface area contributed by atoms with Gasteiger partial charge in [-0.2, -0.15) is 0 Å². The van der Waals surface area contributed by atoms with Crippen molar-refractivity contribution in [3.8, 4) is 0 Å². The van der Waals surface area contributed by atoms with Crippen LogP contribution in [-0.2, 0) is 14.9 Å². The molecule has 36 heavy (non-hydrogen) atoms. The number of ether oxygens (including phenoxy) is 1. The number of carbonyl (C=O) groups is 2. The summed E-state index contributed by atoms with van der Waals surface area (Å²) >= 11 is 0. The molecule has 0 radical (unpaired) electrons. The van der Waals surface area contributed by atoms with E-state index in [9.17, 15) is 19.1 Å². The number of carbonyl (C=O) groups excluding carboxylic acids is 1. The predicted octanol–water partition coefficient (Wildman–Crippen LogP) is 5.68. The van der Waals surface area contributed by atoms with Crippen LogP contribution in [0.3, 0.4) is 0 Å². The van der Waals surface area contributed by atoms with Gasteiger partial charge >= 0.3 is 12.1 Å². The molecule has 6 rings (SSSR count). The van der Waals surface area contributed by atoms with Crippen LogP contribution in [0.25, 0.3) is 0 Å². The van der Waals surface area contributed by atoms with E-state index in [1.165, 1.54) is 29.7 Å². The Morgan fingerprint density at radius 2 is 1.83 bits per heavy atom. The third-order valence-corrected chi connectivity index (χ3v) is 9.02. The van der Waals surface area contributed by atoms with Crippen molar-refractivity contribution in [2.75, 3.05) is 13.1 Å². The number of nitrogens with zero attached hydrogens (tertiary/aromatic N) is 1. The van der Waals surface area contributed by atoms with Gasteiger partial charge in [0.25, 0.3) is 0 Å². The molecular formula is C29H43FN2O4. The lowest BCUT2D eigenvalue weighted by molar-refractivity contribution is -0.179. The molecule has 6 atom stereocenters. The molecule has 0 spiro atoms. The first-order valence-electron chi connectivity index (χ1n) is 13.5. The average molecular weight is 503 g/mol. The van der Waals surface area contributed by atoms with E-state index in [1.807, 2.05) is 0 Å². The number of carboxylic acid groups (broad SMARTS) is 1. The van der Waals surface area contributed by atoms with Crippen LogP contribution in [0.5, 0.6) is 0 Å². The summed E-state index contributed by atoms with van der Waals surface area (Å²) in [5.74, 6) is 0.0715. The summed E-state index contributed by atoms with van der Waals surface area (Å²) in [5.41, 5.74) is 6.30. The van der Waals surface area contributed by atoms with E-state index < -0.39 is 35.3 Å². The molecule has 4 saturated carbocycles. The second kappa shape index (κ2) is 9.62. The number of alkyl halides is 1. The maximum Gasteiger partial charge on any atom is 0.410 e. The van der Waals surface area contributed by atoms with Gasteiger partial charge in [0.2, 0.25) is 0 Å². The lowest BCUT2D eigenvalue weighted by atomic mass is 9.38. The Morgan fingerprint density at radius 1 is 1.14 bits per heavy atom. The van der Waals surface area contributed by atoms with Gasteiger partial charge in [-0.1, -0.05) is 43.7 Å². The number of benzene rings is 1. The van der Waals surface area contributed by atoms with Crippen LogP contribution in [0.1, 0.15) is 84.6 Å². The molecule has 1 aromatic rings. The number of nitrogens with two attached hydrogens (primary N) is 1. The first-order chi connectivity index (χ1) is 16.8. The predicted molar refractivity (Wildman–Crippen MR) is 137 cm³/mol. The van der Waals surface area contributed by atoms with E-state index in [1.54, 1.807) is 20.8 Å². The molecule has 5 aliphatic rings. The summed E-state index contributed by atoms with van der Waals surface area (Å²) in [6.45, 7) is 8.13. The zero-order valence-electron chi connectivity index (χ0n) is 22.3. The van der Waals surface area contributed by atoms with Gasteiger partial charge in [0.05, 0.1) is 12.0 Å². The first-order valence-corrected chi connectivity index (χ1v) is 13.5. The fourth-order valence-corrected chi connectivity index (χ4v) is 7.80. The molecule has 1 aliphatic heterocycles. The third-order valence-electron chi connectivity index (χ3n) is 9.02. The van der Waals surface area contributed by atoms with Crippen molar-refractivity contribution < 1.29 is 23.8 Å². The van der Waals surface area contributed by atoms with E-state index >= 15 is 0 Å². The van der Waals surface area contributed by atoms with Gasteiger partial charge in [-0.05, 0) is 88.0 Å². The summed E-state index contributed by atoms with van der Waals surface area (Å²) in [6, 6.07) is 10.3. The van der Waals surface area contributed by atoms with E-state index in [-0.39, 0.29) is 17.4 Å². The summed E-state index contributed by atoms with van der Waals surface area (Å²) in [4.78, 5) is 25.0. The molecule has 1 heterocycles. The van der Waals surface area contributed by atoms with E-state index in [4.69, 9.17) is 10.5 Å². The molecule has 1 aromatic carbocycles. The van der Waals surface area contributed by atoms with Crippen LogP contribution >= 0.6 is 0 Å². The number of halogens is 1. The van der Waals surface area contributed by atoms with Crippen LogP contribution in [0.15, 0.2) is 30.3 Å². The number of carboxylic acids is 1. The molecule has 1 saturated heterocycles. The number of amides is 1. The third kappa shape index (κ3) is 5.27. The number of hydrogen-bond acceptors (Lipinski definition) is 4. The van der Waals surface area contributed by atoms with E-state index in [0.29, 0.717) is 18.9 Å². The Hall–Kier alpha value is -2.15. The van der Waals surface area contributed by atoms with Gasteiger partial charge in [-0.3, -0.25) is 4.79 Å². The minimum absolute atomic E-state index is 0.0378. The van der Waals surface area contributed by atoms with Gasteiger partial charge < -0.3 is 20.5 Å². The Morgan fingerprint density at radius 3 is 2.42 bits per heavy atom. The highest BCUT2D eigenvalue weighted by Crippen LogP contribution is 2.71. The van der Waals surface area contributed by atoms with Crippen LogP contribution in [-0.4, -0.2) is 53.0 Å². The van der Waals surface area contributed by atoms with Crippen LogP contribution in [0, 0.1) is 16.7 Å². The number of piperidine rings is 1. The standard InChI is InChI=1S/C19H24O2.C10H19FN2O2/c1-2-17-8-14-9-18(11-17,15-6-4-3-5-7-15)13-19(10-14,12-17)16(20)21;1-10(2,3)15-9(14)13-5-4-8(12)7(11)6-13/h3-7,14H,2,8-13H2,1H3,(H,20,21);7-8H,4-6,12H2,1-3H3/t;7-,8-/m.1/s1. The Labute approximate surface area is 214 Å². The van der Waals surface area contributed by atoms with E-state index in [2.05, 4.69) is 37.3 Å². The van der Waals surface area contributed by atoms with Gasteiger partial charge in [0, 0.05) is 12.6 Å². The van der Waals surface area contributed by atoms with Crippen molar-refractivity contribution in [1.29, 1.82) is 0 Å². The minimum atomic E-state index is -1.15. The number of rotatable bonds is 3. The van der Waals surface area contributed by atoms with Crippen molar-refractivity contribution in [3.63, 3.8) is 0 Å². The van der Waals surface area contributed by atoms with Crippen molar-refractivity contribution in [2.45, 2.75) is 102 Å². The molecular weight excluding hydrogens is 459 g/mol. The lowest BCUT2D eigenvalue weighted by Gasteiger charge is -2.65. The van der Waals surface area contributed by atoms with Crippen molar-refractivity contribution in [1.82, 2.24) is 4.90 Å². The lowest BCUT2D eigenvalue weighted by Crippen LogP contribution is -2.60. The second-order valence-corrected chi connectivity index (χ2v) is 13.0. The van der Waals surface area contributed by atoms with Gasteiger partial charge in [-0.15, -0.1) is 0 Å². The monoisotopic (exact) mass is 502 g/mol. The maximum absolute atomic E-state index is 13.2. The van der Waals surface area contributed by atoms with Crippen molar-refractivity contribution in [3.05, 3.63) is 35.9 Å². The quantitative estimate of drug-likeness (QED) is 0.555. The highest BCUT2D eigenvalue weighted by atomic mass is 19.1. The SMILES string of the molecule is CC(C)(C)OC(=O)N1CC[C@@H](N)[C@H](F)C1.CCC12CC3CC(C(=O)O)(C1)CC(c1ccccc1)(C3)C2. The second-order valence-electron chi connectivity index (χ2n) is 13.0. The zero-order chi connectivity index (χ0) is 26.4. The van der Waals surface area contributed by atoms with Crippen LogP contribution in [0.4, 0.5) is 9.18 Å². The molecule has 4 bridgehead atoms. The topological polar surface area (TPSA) is 92.9 Å². The molecule has 0 aromatic heterocycles. The minimum Gasteiger partial charge on any atom is -0.481 e. The summed E-state index contributed by atoms with van der Waals surface area (Å²) in [7, 11) is 0. The highest BCUT2D eigenvalue weighted by Gasteiger charge is 2.65. The van der Waals surface area contributed by atoms with Crippen LogP contribution < -0.4 is 5.73 Å². The molecule has 1 amide bonds. The largest absolute Gasteiger partial charge is 0.481 e. The molecule has 3 N–H and O–H groups in total. The fourth-order valence-electron chi connectivity index (χ4n) is 7.80. The number of aliphatic carboxylic acids is 1. The summed E-state index contributed by atoms with van der Waals surface area (Å²) < 4.78 is 18.4. The number of likely N-dealkylation sites (tertiary alicyclic amines) is 1. The molecule has 6 nitrogen and oxygen atoms in total. The molecule has 4 aliphatic carbocycles. The van der Waals surface area contributed by atoms with Gasteiger partial charge in [-0.25, -0.2) is 9.18 Å². The molecule has 7 heteroatoms. The fraction of sp³-hybridized carbons (Fsp3) is 0.724.